The molecule has 2 rings (SSSR count). The Bertz CT molecular complexity index is 579. The third-order valence-electron chi connectivity index (χ3n) is 2.57. The average Bonchev–Trinajstić information content (AvgIpc) is 2.30. The minimum Gasteiger partial charge on any atom is -0.369 e. The van der Waals surface area contributed by atoms with Crippen LogP contribution in [0.25, 0.3) is 11.1 Å². The summed E-state index contributed by atoms with van der Waals surface area (Å²) >= 11 is 0. The molecule has 2 aromatic carbocycles. The molecule has 0 aromatic heterocycles. The zero-order chi connectivity index (χ0) is 13.1. The van der Waals surface area contributed by atoms with Crippen LogP contribution < -0.4 is 5.73 Å². The Balaban J connectivity index is 2.31. The van der Waals surface area contributed by atoms with E-state index in [0.29, 0.717) is 11.1 Å². The number of hydrogen-bond donors (Lipinski definition) is 1. The third kappa shape index (κ3) is 2.71. The molecule has 4 heteroatoms. The molecule has 18 heavy (non-hydrogen) atoms. The summed E-state index contributed by atoms with van der Waals surface area (Å²) in [6, 6.07) is 10.2. The van der Waals surface area contributed by atoms with Gasteiger partial charge in [0.05, 0.1) is 6.42 Å². The van der Waals surface area contributed by atoms with E-state index < -0.39 is 17.5 Å². The van der Waals surface area contributed by atoms with Crippen molar-refractivity contribution in [3.8, 4) is 11.1 Å². The standard InChI is InChI=1S/C14H11F2NO/c15-11-5-6-12(13(16)8-11)10-3-1-9(2-4-10)7-14(17)18/h1-6,8H,7H2,(H2,17,18). The summed E-state index contributed by atoms with van der Waals surface area (Å²) in [5, 5.41) is 0. The molecule has 0 radical (unpaired) electrons. The van der Waals surface area contributed by atoms with Crippen LogP contribution in [-0.4, -0.2) is 5.91 Å². The topological polar surface area (TPSA) is 43.1 Å². The van der Waals surface area contributed by atoms with Crippen LogP contribution in [0, 0.1) is 11.6 Å². The van der Waals surface area contributed by atoms with Gasteiger partial charge in [-0.3, -0.25) is 4.79 Å². The van der Waals surface area contributed by atoms with Crippen molar-refractivity contribution >= 4 is 5.91 Å². The maximum absolute atomic E-state index is 13.5. The lowest BCUT2D eigenvalue weighted by atomic mass is 10.0. The number of halogens is 2. The van der Waals surface area contributed by atoms with Crippen LogP contribution in [0.5, 0.6) is 0 Å². The van der Waals surface area contributed by atoms with Gasteiger partial charge >= 0.3 is 0 Å². The third-order valence-corrected chi connectivity index (χ3v) is 2.57. The number of nitrogens with two attached hydrogens (primary N) is 1. The van der Waals surface area contributed by atoms with Crippen molar-refractivity contribution < 1.29 is 13.6 Å². The van der Waals surface area contributed by atoms with Gasteiger partial charge in [-0.2, -0.15) is 0 Å². The van der Waals surface area contributed by atoms with Gasteiger partial charge in [0.25, 0.3) is 0 Å². The number of hydrogen-bond acceptors (Lipinski definition) is 1. The molecule has 0 saturated carbocycles. The van der Waals surface area contributed by atoms with E-state index >= 15 is 0 Å². The number of carbonyl (C=O) groups is 1. The normalized spacial score (nSPS) is 10.3. The minimum absolute atomic E-state index is 0.145. The van der Waals surface area contributed by atoms with Crippen LogP contribution in [0.2, 0.25) is 0 Å². The summed E-state index contributed by atoms with van der Waals surface area (Å²) in [7, 11) is 0. The molecule has 0 spiro atoms. The van der Waals surface area contributed by atoms with Crippen LogP contribution >= 0.6 is 0 Å². The summed E-state index contributed by atoms with van der Waals surface area (Å²) in [4.78, 5) is 10.7. The van der Waals surface area contributed by atoms with Crippen molar-refractivity contribution in [1.82, 2.24) is 0 Å². The Morgan fingerprint density at radius 2 is 1.72 bits per heavy atom. The van der Waals surface area contributed by atoms with Gasteiger partial charge in [0.1, 0.15) is 11.6 Å². The number of benzene rings is 2. The number of carbonyl (C=O) groups excluding carboxylic acids is 1. The second-order valence-electron chi connectivity index (χ2n) is 3.96. The van der Waals surface area contributed by atoms with Gasteiger partial charge in [-0.25, -0.2) is 8.78 Å². The van der Waals surface area contributed by atoms with Crippen molar-refractivity contribution in [2.24, 2.45) is 5.73 Å². The number of amides is 1. The molecule has 0 bridgehead atoms. The smallest absolute Gasteiger partial charge is 0.221 e. The fourth-order valence-electron chi connectivity index (χ4n) is 1.73. The molecule has 2 nitrogen and oxygen atoms in total. The first-order valence-corrected chi connectivity index (χ1v) is 5.39. The Morgan fingerprint density at radius 1 is 1.06 bits per heavy atom. The SMILES string of the molecule is NC(=O)Cc1ccc(-c2ccc(F)cc2F)cc1. The van der Waals surface area contributed by atoms with E-state index in [-0.39, 0.29) is 6.42 Å². The van der Waals surface area contributed by atoms with E-state index in [4.69, 9.17) is 5.73 Å². The lowest BCUT2D eigenvalue weighted by Crippen LogP contribution is -2.13. The fraction of sp³-hybridized carbons (Fsp3) is 0.0714. The molecule has 0 atom stereocenters. The van der Waals surface area contributed by atoms with Crippen molar-refractivity contribution in [3.05, 3.63) is 59.7 Å². The molecule has 0 heterocycles. The van der Waals surface area contributed by atoms with Crippen molar-refractivity contribution in [3.63, 3.8) is 0 Å². The molecule has 0 saturated heterocycles. The predicted molar refractivity (Wildman–Crippen MR) is 64.7 cm³/mol. The van der Waals surface area contributed by atoms with Gasteiger partial charge in [0, 0.05) is 11.6 Å². The molecule has 0 unspecified atom stereocenters. The first-order chi connectivity index (χ1) is 8.56. The van der Waals surface area contributed by atoms with Gasteiger partial charge in [0.15, 0.2) is 0 Å². The lowest BCUT2D eigenvalue weighted by Gasteiger charge is -2.05. The quantitative estimate of drug-likeness (QED) is 0.890. The zero-order valence-electron chi connectivity index (χ0n) is 9.49. The Morgan fingerprint density at radius 3 is 2.28 bits per heavy atom. The van der Waals surface area contributed by atoms with E-state index in [1.165, 1.54) is 12.1 Å². The van der Waals surface area contributed by atoms with Crippen molar-refractivity contribution in [2.75, 3.05) is 0 Å². The summed E-state index contributed by atoms with van der Waals surface area (Å²) in [6.45, 7) is 0. The van der Waals surface area contributed by atoms with Gasteiger partial charge in [-0.05, 0) is 23.3 Å². The summed E-state index contributed by atoms with van der Waals surface area (Å²) < 4.78 is 26.3. The molecule has 92 valence electrons. The Hall–Kier alpha value is -2.23. The van der Waals surface area contributed by atoms with Gasteiger partial charge in [0.2, 0.25) is 5.91 Å². The van der Waals surface area contributed by atoms with Gasteiger partial charge in [-0.15, -0.1) is 0 Å². The molecule has 0 aliphatic carbocycles. The second-order valence-corrected chi connectivity index (χ2v) is 3.96. The van der Waals surface area contributed by atoms with Crippen LogP contribution in [0.1, 0.15) is 5.56 Å². The van der Waals surface area contributed by atoms with E-state index in [0.717, 1.165) is 11.6 Å². The molecular formula is C14H11F2NO. The van der Waals surface area contributed by atoms with Crippen LogP contribution in [0.3, 0.4) is 0 Å². The summed E-state index contributed by atoms with van der Waals surface area (Å²) in [6.07, 6.45) is 0.145. The predicted octanol–water partition coefficient (Wildman–Crippen LogP) is 2.66. The van der Waals surface area contributed by atoms with Crippen molar-refractivity contribution in [2.45, 2.75) is 6.42 Å². The monoisotopic (exact) mass is 247 g/mol. The van der Waals surface area contributed by atoms with Crippen LogP contribution in [0.4, 0.5) is 8.78 Å². The summed E-state index contributed by atoms with van der Waals surface area (Å²) in [5.74, 6) is -1.64. The Kier molecular flexibility index (Phi) is 3.37. The molecular weight excluding hydrogens is 236 g/mol. The van der Waals surface area contributed by atoms with Gasteiger partial charge < -0.3 is 5.73 Å². The van der Waals surface area contributed by atoms with E-state index in [1.807, 2.05) is 0 Å². The van der Waals surface area contributed by atoms with Crippen molar-refractivity contribution in [1.29, 1.82) is 0 Å². The van der Waals surface area contributed by atoms with E-state index in [1.54, 1.807) is 24.3 Å². The van der Waals surface area contributed by atoms with Crippen LogP contribution in [0.15, 0.2) is 42.5 Å². The molecule has 0 aliphatic heterocycles. The molecule has 2 aromatic rings. The highest BCUT2D eigenvalue weighted by atomic mass is 19.1. The first kappa shape index (κ1) is 12.2. The number of primary amides is 1. The zero-order valence-corrected chi connectivity index (χ0v) is 9.49. The molecule has 0 fully saturated rings. The summed E-state index contributed by atoms with van der Waals surface area (Å²) in [5.41, 5.74) is 6.78. The Labute approximate surface area is 103 Å². The average molecular weight is 247 g/mol. The molecule has 2 N–H and O–H groups in total. The van der Waals surface area contributed by atoms with Gasteiger partial charge in [-0.1, -0.05) is 24.3 Å². The minimum atomic E-state index is -0.613. The molecule has 0 aliphatic rings. The molecule has 1 amide bonds. The van der Waals surface area contributed by atoms with E-state index in [2.05, 4.69) is 0 Å². The maximum atomic E-state index is 13.5. The highest BCUT2D eigenvalue weighted by Gasteiger charge is 2.06. The first-order valence-electron chi connectivity index (χ1n) is 5.39. The van der Waals surface area contributed by atoms with E-state index in [9.17, 15) is 13.6 Å². The highest BCUT2D eigenvalue weighted by molar-refractivity contribution is 5.77. The van der Waals surface area contributed by atoms with Crippen LogP contribution in [-0.2, 0) is 11.2 Å². The fourth-order valence-corrected chi connectivity index (χ4v) is 1.73. The highest BCUT2D eigenvalue weighted by Crippen LogP contribution is 2.23. The maximum Gasteiger partial charge on any atom is 0.221 e. The largest absolute Gasteiger partial charge is 0.369 e. The lowest BCUT2D eigenvalue weighted by molar-refractivity contribution is -0.117. The second kappa shape index (κ2) is 4.96. The number of rotatable bonds is 3.